The zero-order valence-electron chi connectivity index (χ0n) is 13.2. The van der Waals surface area contributed by atoms with Crippen LogP contribution in [0, 0.1) is 0 Å². The summed E-state index contributed by atoms with van der Waals surface area (Å²) >= 11 is 0. The highest BCUT2D eigenvalue weighted by Gasteiger charge is 2.22. The highest BCUT2D eigenvalue weighted by Crippen LogP contribution is 2.21. The summed E-state index contributed by atoms with van der Waals surface area (Å²) in [5.41, 5.74) is 0.834. The third-order valence-corrected chi connectivity index (χ3v) is 3.60. The number of anilines is 1. The van der Waals surface area contributed by atoms with Crippen molar-refractivity contribution in [3.63, 3.8) is 0 Å². The van der Waals surface area contributed by atoms with Crippen LogP contribution in [-0.4, -0.2) is 36.6 Å². The van der Waals surface area contributed by atoms with Crippen molar-refractivity contribution in [1.29, 1.82) is 0 Å². The topological polar surface area (TPSA) is 82.8 Å². The first-order chi connectivity index (χ1) is 11.1. The fourth-order valence-electron chi connectivity index (χ4n) is 2.17. The molecule has 0 saturated carbocycles. The van der Waals surface area contributed by atoms with Crippen molar-refractivity contribution in [2.75, 3.05) is 18.6 Å². The smallest absolute Gasteiger partial charge is 0.293 e. The number of hydrogen-bond donors (Lipinski definition) is 2. The molecule has 0 aliphatic carbocycles. The van der Waals surface area contributed by atoms with Crippen molar-refractivity contribution in [2.45, 2.75) is 19.4 Å². The third kappa shape index (κ3) is 3.78. The second-order valence-corrected chi connectivity index (χ2v) is 5.12. The molecule has 0 saturated heterocycles. The van der Waals surface area contributed by atoms with Crippen LogP contribution in [0.1, 0.15) is 34.3 Å². The zero-order chi connectivity index (χ0) is 16.8. The quantitative estimate of drug-likeness (QED) is 0.854. The molecule has 6 heteroatoms. The van der Waals surface area contributed by atoms with Gasteiger partial charge in [-0.3, -0.25) is 9.59 Å². The van der Waals surface area contributed by atoms with Gasteiger partial charge in [-0.15, -0.1) is 0 Å². The summed E-state index contributed by atoms with van der Waals surface area (Å²) < 4.78 is 5.11. The summed E-state index contributed by atoms with van der Waals surface area (Å²) in [6, 6.07) is 9.69. The SMILES string of the molecule is CCC(CO)NC(=O)c1ccccc1N(C)C(=O)c1ccco1. The zero-order valence-corrected chi connectivity index (χ0v) is 13.2. The second-order valence-electron chi connectivity index (χ2n) is 5.12. The van der Waals surface area contributed by atoms with Crippen molar-refractivity contribution >= 4 is 17.5 Å². The number of benzene rings is 1. The van der Waals surface area contributed by atoms with E-state index in [1.807, 2.05) is 6.92 Å². The summed E-state index contributed by atoms with van der Waals surface area (Å²) in [6.07, 6.45) is 2.04. The van der Waals surface area contributed by atoms with Gasteiger partial charge < -0.3 is 19.7 Å². The molecule has 0 radical (unpaired) electrons. The molecule has 0 aliphatic heterocycles. The molecule has 1 unspecified atom stereocenters. The first-order valence-corrected chi connectivity index (χ1v) is 7.40. The van der Waals surface area contributed by atoms with Crippen molar-refractivity contribution in [1.82, 2.24) is 5.32 Å². The molecule has 6 nitrogen and oxygen atoms in total. The van der Waals surface area contributed by atoms with Gasteiger partial charge in [0.05, 0.1) is 30.2 Å². The Balaban J connectivity index is 2.26. The number of amides is 2. The normalized spacial score (nSPS) is 11.8. The van der Waals surface area contributed by atoms with Crippen molar-refractivity contribution in [2.24, 2.45) is 0 Å². The van der Waals surface area contributed by atoms with Gasteiger partial charge in [0.25, 0.3) is 11.8 Å². The summed E-state index contributed by atoms with van der Waals surface area (Å²) in [6.45, 7) is 1.74. The summed E-state index contributed by atoms with van der Waals surface area (Å²) in [5, 5.41) is 12.0. The Morgan fingerprint density at radius 3 is 2.61 bits per heavy atom. The molecule has 1 heterocycles. The number of hydrogen-bond acceptors (Lipinski definition) is 4. The van der Waals surface area contributed by atoms with Crippen LogP contribution >= 0.6 is 0 Å². The maximum absolute atomic E-state index is 12.4. The largest absolute Gasteiger partial charge is 0.459 e. The van der Waals surface area contributed by atoms with Gasteiger partial charge >= 0.3 is 0 Å². The average molecular weight is 316 g/mol. The first-order valence-electron chi connectivity index (χ1n) is 7.40. The van der Waals surface area contributed by atoms with Gasteiger partial charge in [0, 0.05) is 7.05 Å². The molecule has 0 aliphatic rings. The Hall–Kier alpha value is -2.60. The van der Waals surface area contributed by atoms with Crippen LogP contribution in [0.5, 0.6) is 0 Å². The third-order valence-electron chi connectivity index (χ3n) is 3.60. The lowest BCUT2D eigenvalue weighted by molar-refractivity contribution is 0.0915. The van der Waals surface area contributed by atoms with Gasteiger partial charge in [-0.2, -0.15) is 0 Å². The number of carbonyl (C=O) groups is 2. The lowest BCUT2D eigenvalue weighted by Gasteiger charge is -2.21. The molecule has 0 spiro atoms. The van der Waals surface area contributed by atoms with E-state index in [0.717, 1.165) is 0 Å². The number of aliphatic hydroxyl groups excluding tert-OH is 1. The molecule has 1 aromatic heterocycles. The highest BCUT2D eigenvalue weighted by atomic mass is 16.3. The Morgan fingerprint density at radius 1 is 1.26 bits per heavy atom. The van der Waals surface area contributed by atoms with Crippen LogP contribution < -0.4 is 10.2 Å². The summed E-state index contributed by atoms with van der Waals surface area (Å²) in [5.74, 6) is -0.477. The van der Waals surface area contributed by atoms with E-state index in [1.165, 1.54) is 11.2 Å². The minimum absolute atomic E-state index is 0.133. The average Bonchev–Trinajstić information content (AvgIpc) is 3.12. The minimum atomic E-state index is -0.343. The molecule has 23 heavy (non-hydrogen) atoms. The van der Waals surface area contributed by atoms with Crippen molar-refractivity contribution in [3.05, 3.63) is 54.0 Å². The molecule has 1 atom stereocenters. The molecule has 1 aromatic carbocycles. The van der Waals surface area contributed by atoms with E-state index >= 15 is 0 Å². The van der Waals surface area contributed by atoms with Crippen molar-refractivity contribution in [3.8, 4) is 0 Å². The van der Waals surface area contributed by atoms with Crippen LogP contribution in [0.25, 0.3) is 0 Å². The van der Waals surface area contributed by atoms with E-state index < -0.39 is 0 Å². The Labute approximate surface area is 134 Å². The lowest BCUT2D eigenvalue weighted by atomic mass is 10.1. The van der Waals surface area contributed by atoms with Gasteiger partial charge in [-0.25, -0.2) is 0 Å². The molecule has 2 N–H and O–H groups in total. The van der Waals surface area contributed by atoms with Gasteiger partial charge in [-0.1, -0.05) is 19.1 Å². The summed E-state index contributed by atoms with van der Waals surface area (Å²) in [4.78, 5) is 26.2. The number of para-hydroxylation sites is 1. The standard InChI is InChI=1S/C17H20N2O4/c1-3-12(11-20)18-16(21)13-7-4-5-8-14(13)19(2)17(22)15-9-6-10-23-15/h4-10,12,20H,3,11H2,1-2H3,(H,18,21). The van der Waals surface area contributed by atoms with Gasteiger partial charge in [-0.05, 0) is 30.7 Å². The number of carbonyl (C=O) groups excluding carboxylic acids is 2. The number of nitrogens with zero attached hydrogens (tertiary/aromatic N) is 1. The monoisotopic (exact) mass is 316 g/mol. The first kappa shape index (κ1) is 16.8. The number of furan rings is 1. The van der Waals surface area contributed by atoms with Crippen LogP contribution in [-0.2, 0) is 0 Å². The molecule has 2 aromatic rings. The minimum Gasteiger partial charge on any atom is -0.459 e. The summed E-state index contributed by atoms with van der Waals surface area (Å²) in [7, 11) is 1.58. The van der Waals surface area contributed by atoms with Crippen LogP contribution in [0.15, 0.2) is 47.1 Å². The van der Waals surface area contributed by atoms with Crippen LogP contribution in [0.4, 0.5) is 5.69 Å². The van der Waals surface area contributed by atoms with Crippen LogP contribution in [0.2, 0.25) is 0 Å². The van der Waals surface area contributed by atoms with Crippen LogP contribution in [0.3, 0.4) is 0 Å². The van der Waals surface area contributed by atoms with E-state index in [9.17, 15) is 14.7 Å². The Bertz CT molecular complexity index is 663. The molecule has 2 amide bonds. The predicted molar refractivity (Wildman–Crippen MR) is 86.5 cm³/mol. The number of nitrogens with one attached hydrogen (secondary N) is 1. The lowest BCUT2D eigenvalue weighted by Crippen LogP contribution is -2.38. The second kappa shape index (κ2) is 7.60. The maximum atomic E-state index is 12.4. The number of rotatable bonds is 6. The van der Waals surface area contributed by atoms with Gasteiger partial charge in [0.15, 0.2) is 5.76 Å². The van der Waals surface area contributed by atoms with E-state index in [1.54, 1.807) is 43.4 Å². The molecular formula is C17H20N2O4. The predicted octanol–water partition coefficient (Wildman–Crippen LogP) is 2.06. The van der Waals surface area contributed by atoms with Gasteiger partial charge in [0.1, 0.15) is 0 Å². The van der Waals surface area contributed by atoms with E-state index in [2.05, 4.69) is 5.32 Å². The van der Waals surface area contributed by atoms with Crippen molar-refractivity contribution < 1.29 is 19.1 Å². The Morgan fingerprint density at radius 2 is 2.00 bits per heavy atom. The van der Waals surface area contributed by atoms with Gasteiger partial charge in [0.2, 0.25) is 0 Å². The Kier molecular flexibility index (Phi) is 5.54. The van der Waals surface area contributed by atoms with E-state index in [0.29, 0.717) is 17.7 Å². The molecule has 122 valence electrons. The maximum Gasteiger partial charge on any atom is 0.293 e. The molecule has 0 fully saturated rings. The highest BCUT2D eigenvalue weighted by molar-refractivity contribution is 6.09. The van der Waals surface area contributed by atoms with E-state index in [-0.39, 0.29) is 30.2 Å². The molecule has 0 bridgehead atoms. The molecular weight excluding hydrogens is 296 g/mol. The fourth-order valence-corrected chi connectivity index (χ4v) is 2.17. The fraction of sp³-hybridized carbons (Fsp3) is 0.294. The van der Waals surface area contributed by atoms with E-state index in [4.69, 9.17) is 4.42 Å². The number of aliphatic hydroxyl groups is 1. The molecule has 2 rings (SSSR count).